The first-order valence-corrected chi connectivity index (χ1v) is 30.3. The van der Waals surface area contributed by atoms with Crippen LogP contribution in [0.3, 0.4) is 0 Å². The molecule has 436 valence electrons. The zero-order chi connectivity index (χ0) is 57.3. The normalized spacial score (nSPS) is 30.6. The predicted octanol–water partition coefficient (Wildman–Crippen LogP) is -5.17. The number of aliphatic hydroxyl groups excluding tert-OH is 3. The van der Waals surface area contributed by atoms with Crippen LogP contribution < -0.4 is 42.5 Å². The number of nitrogens with two attached hydrogens (primary N) is 2. The molecule has 79 heavy (non-hydrogen) atoms. The van der Waals surface area contributed by atoms with Gasteiger partial charge in [0.05, 0.1) is 44.5 Å². The number of hydrogen-bond donors (Lipinski definition) is 11. The van der Waals surface area contributed by atoms with E-state index in [4.69, 9.17) is 48.5 Å². The number of H-pyrrole nitrogens is 2. The molecule has 0 bridgehead atoms. The van der Waals surface area contributed by atoms with Crippen LogP contribution in [0.5, 0.6) is 0 Å². The molecule has 1 aliphatic carbocycles. The highest BCUT2D eigenvalue weighted by molar-refractivity contribution is 7.90. The number of phosphoric ester groups is 3. The van der Waals surface area contributed by atoms with Crippen LogP contribution in [0.4, 0.5) is 11.8 Å². The lowest BCUT2D eigenvalue weighted by Crippen LogP contribution is -2.46. The molecule has 4 aliphatic rings. The number of fused-ring (bicyclic) bond motifs is 2. The van der Waals surface area contributed by atoms with Gasteiger partial charge in [-0.3, -0.25) is 46.9 Å². The average Bonchev–Trinajstić information content (AvgIpc) is 3.70. The maximum Gasteiger partial charge on any atom is 0.490 e. The molecule has 0 amide bonds. The minimum atomic E-state index is -6.28. The molecule has 5 aromatic heterocycles. The Morgan fingerprint density at radius 1 is 0.848 bits per heavy atom. The molecule has 39 nitrogen and oxygen atoms in total. The van der Waals surface area contributed by atoms with E-state index in [-0.39, 0.29) is 34.1 Å². The number of aliphatic hydroxyl groups is 3. The fourth-order valence-electron chi connectivity index (χ4n) is 8.83. The van der Waals surface area contributed by atoms with Crippen LogP contribution in [0.15, 0.2) is 45.6 Å². The number of aryl methyl sites for hydroxylation is 1. The summed E-state index contributed by atoms with van der Waals surface area (Å²) < 4.78 is 137. The van der Waals surface area contributed by atoms with Gasteiger partial charge in [0.25, 0.3) is 24.9 Å². The van der Waals surface area contributed by atoms with E-state index < -0.39 is 163 Å². The van der Waals surface area contributed by atoms with E-state index in [1.165, 1.54) is 22.5 Å². The van der Waals surface area contributed by atoms with Crippen molar-refractivity contribution in [3.05, 3.63) is 62.4 Å². The Morgan fingerprint density at radius 2 is 1.51 bits per heavy atom. The van der Waals surface area contributed by atoms with Gasteiger partial charge in [-0.05, 0) is 12.8 Å². The molecule has 3 saturated heterocycles. The number of nitrogens with one attached hydrogen (secondary N) is 3. The predicted molar refractivity (Wildman–Crippen MR) is 253 cm³/mol. The summed E-state index contributed by atoms with van der Waals surface area (Å²) >= 11 is 0. The Hall–Kier alpha value is -4.67. The minimum Gasteiger partial charge on any atom is -0.756 e. The molecule has 9 rings (SSSR count). The number of anilines is 2. The summed E-state index contributed by atoms with van der Waals surface area (Å²) in [5.41, 5.74) is 8.97. The van der Waals surface area contributed by atoms with Crippen molar-refractivity contribution >= 4 is 75.4 Å². The van der Waals surface area contributed by atoms with Crippen molar-refractivity contribution in [3.63, 3.8) is 0 Å². The van der Waals surface area contributed by atoms with Gasteiger partial charge in [-0.2, -0.15) is 8.62 Å². The van der Waals surface area contributed by atoms with Crippen LogP contribution in [0.1, 0.15) is 31.5 Å². The van der Waals surface area contributed by atoms with Crippen molar-refractivity contribution in [3.8, 4) is 0 Å². The molecule has 0 spiro atoms. The largest absolute Gasteiger partial charge is 0.756 e. The van der Waals surface area contributed by atoms with E-state index in [1.54, 1.807) is 0 Å². The van der Waals surface area contributed by atoms with E-state index in [0.717, 1.165) is 36.6 Å². The van der Waals surface area contributed by atoms with Crippen LogP contribution in [0.25, 0.3) is 22.3 Å². The number of imidazole rings is 2. The quantitative estimate of drug-likeness (QED) is 0.0215. The maximum absolute atomic E-state index is 13.5. The molecule has 44 heteroatoms. The number of hydrogen-bond acceptors (Lipinski definition) is 29. The van der Waals surface area contributed by atoms with Gasteiger partial charge in [0, 0.05) is 31.8 Å². The number of ether oxygens (including phenoxy) is 4. The highest BCUT2D eigenvalue weighted by Gasteiger charge is 2.53. The zero-order valence-electron chi connectivity index (χ0n) is 40.4. The van der Waals surface area contributed by atoms with Crippen molar-refractivity contribution in [2.75, 3.05) is 44.9 Å². The highest BCUT2D eigenvalue weighted by Crippen LogP contribution is 2.68. The van der Waals surface area contributed by atoms with Gasteiger partial charge in [-0.25, -0.2) is 51.1 Å². The number of aromatic amines is 2. The number of phosphoric acid groups is 4. The Morgan fingerprint density at radius 3 is 2.16 bits per heavy atom. The minimum absolute atomic E-state index is 0.0174. The van der Waals surface area contributed by atoms with E-state index in [1.807, 2.05) is 4.98 Å². The first-order chi connectivity index (χ1) is 37.0. The van der Waals surface area contributed by atoms with Gasteiger partial charge in [-0.1, -0.05) is 4.98 Å². The van der Waals surface area contributed by atoms with E-state index >= 15 is 0 Å². The van der Waals surface area contributed by atoms with E-state index in [0.29, 0.717) is 17.4 Å². The van der Waals surface area contributed by atoms with Gasteiger partial charge in [0.2, 0.25) is 21.8 Å². The Balaban J connectivity index is 0.877. The smallest absolute Gasteiger partial charge is 0.490 e. The standard InChI is InChI=1S/C35H49N13O26P4S/c1-45-13-48(29-21(45)30(53)44-34(37)43-29)31-22(50)15(7-41-79(63,64)14-3-4-14)16(69-31)8-67-76(57,58)73-78(61,62)74-77(59,60)68-10-18-25(26(65-2)33(71-18)47-12-40-20-27(36)38-11-39-28(20)47)72-75(55,56)66-9-17-23(51)24(52)32(70-17)46-6-5-19(49)42-35(46)54/h5-6,11-18,22-26,31-33,41,50-52H,3-4,7-10H2,1-2H3,(H9-,36,37,38,39,42,43,44,49,53,54,55,56,57,58,59,60,61,62)/t15-,16-,17-,18?,22-,23-,24-,25-,26-,31-,32-,33-/m1/s1. The lowest BCUT2D eigenvalue weighted by molar-refractivity contribution is -0.745. The second-order valence-electron chi connectivity index (χ2n) is 18.0. The molecule has 3 aliphatic heterocycles. The molecule has 13 N–H and O–H groups in total. The second kappa shape index (κ2) is 22.2. The topological polar surface area (TPSA) is 556 Å². The van der Waals surface area contributed by atoms with Crippen molar-refractivity contribution in [1.82, 2.24) is 48.3 Å². The number of methoxy groups -OCH3 is 1. The van der Waals surface area contributed by atoms with Gasteiger partial charge < -0.3 is 74.4 Å². The van der Waals surface area contributed by atoms with Crippen LogP contribution in [0, 0.1) is 5.92 Å². The summed E-state index contributed by atoms with van der Waals surface area (Å²) in [6, 6.07) is 0.907. The number of sulfonamides is 1. The van der Waals surface area contributed by atoms with Crippen LogP contribution in [-0.2, 0) is 81.0 Å². The number of nitrogen functional groups attached to an aromatic ring is 2. The molecule has 1 saturated carbocycles. The number of nitrogens with zero attached hydrogens (tertiary/aromatic N) is 8. The lowest BCUT2D eigenvalue weighted by atomic mass is 9.98. The summed E-state index contributed by atoms with van der Waals surface area (Å²) in [4.78, 5) is 102. The van der Waals surface area contributed by atoms with Crippen molar-refractivity contribution < 1.29 is 112 Å². The van der Waals surface area contributed by atoms with E-state index in [2.05, 4.69) is 38.3 Å². The van der Waals surface area contributed by atoms with Crippen LogP contribution in [0.2, 0.25) is 0 Å². The Labute approximate surface area is 440 Å². The van der Waals surface area contributed by atoms with Crippen LogP contribution in [-0.4, -0.2) is 170 Å². The summed E-state index contributed by atoms with van der Waals surface area (Å²) in [7, 11) is -25.4. The fourth-order valence-corrected chi connectivity index (χ4v) is 14.7. The molecule has 4 fully saturated rings. The van der Waals surface area contributed by atoms with Crippen LogP contribution >= 0.6 is 31.3 Å². The van der Waals surface area contributed by atoms with Gasteiger partial charge in [0.15, 0.2) is 30.2 Å². The summed E-state index contributed by atoms with van der Waals surface area (Å²) in [6.45, 7) is -4.09. The third kappa shape index (κ3) is 12.7. The van der Waals surface area contributed by atoms with Gasteiger partial charge in [0.1, 0.15) is 54.6 Å². The van der Waals surface area contributed by atoms with E-state index in [9.17, 15) is 76.0 Å². The summed E-state index contributed by atoms with van der Waals surface area (Å²) in [5, 5.41) is 32.0. The van der Waals surface area contributed by atoms with Crippen molar-refractivity contribution in [2.24, 2.45) is 13.0 Å². The number of aromatic nitrogens is 10. The SMILES string of the molecule is CO[C@@H]1[C@H](OP(=O)([O-])OC[C@H]2O[C@@H](n3ccc(=O)[nH]c3=O)[C@H](O)[C@@H]2O)C(COP(=O)(O)OP(=O)(O)OP(=O)(O)OC[C@H]2O[C@@H]([n+]3cn(C)c4c(=O)[nH]c(N)nc43)[C@H](O)[C@@H]2CNS(=O)(=O)C2CC2)O[C@H]1n1cnc2c(N)ncnc21. The molecule has 16 atom stereocenters. The van der Waals surface area contributed by atoms with Gasteiger partial charge in [-0.15, -0.1) is 0 Å². The fraction of sp³-hybridized carbons (Fsp3) is 0.600. The molecule has 5 aromatic rings. The maximum atomic E-state index is 13.5. The molecule has 8 heterocycles. The molecular formula is C35H49N13O26P4S. The second-order valence-corrected chi connectivity index (χ2v) is 26.0. The molecule has 5 unspecified atom stereocenters. The molecular weight excluding hydrogens is 1170 g/mol. The first-order valence-electron chi connectivity index (χ1n) is 22.8. The van der Waals surface area contributed by atoms with Gasteiger partial charge >= 0.3 is 34.8 Å². The zero-order valence-corrected chi connectivity index (χ0v) is 44.8. The molecule has 0 aromatic carbocycles. The van der Waals surface area contributed by atoms with Crippen molar-refractivity contribution in [1.29, 1.82) is 0 Å². The summed E-state index contributed by atoms with van der Waals surface area (Å²) in [6.07, 6.45) is -13.8. The lowest BCUT2D eigenvalue weighted by Gasteiger charge is -2.31. The first kappa shape index (κ1) is 59.0. The van der Waals surface area contributed by atoms with Crippen molar-refractivity contribution in [2.45, 2.75) is 85.6 Å². The highest BCUT2D eigenvalue weighted by atomic mass is 32.2. The average molecular weight is 1220 g/mol. The third-order valence-corrected chi connectivity index (χ3v) is 19.8. The monoisotopic (exact) mass is 1220 g/mol. The Bertz CT molecular complexity index is 3620. The Kier molecular flexibility index (Phi) is 16.6. The summed E-state index contributed by atoms with van der Waals surface area (Å²) in [5.74, 6) is -1.77. The number of rotatable bonds is 23. The third-order valence-electron chi connectivity index (χ3n) is 12.6. The molecule has 0 radical (unpaired) electrons.